The average Bonchev–Trinajstić information content (AvgIpc) is 2.02. The molecule has 0 aliphatic heterocycles. The van der Waals surface area contributed by atoms with Crippen LogP contribution < -0.4 is 0 Å². The van der Waals surface area contributed by atoms with E-state index in [-0.39, 0.29) is 16.7 Å². The molecule has 0 amide bonds. The molecule has 0 bridgehead atoms. The van der Waals surface area contributed by atoms with Crippen molar-refractivity contribution in [2.24, 2.45) is 16.7 Å². The van der Waals surface area contributed by atoms with Gasteiger partial charge >= 0.3 is 0 Å². The van der Waals surface area contributed by atoms with Crippen molar-refractivity contribution in [1.82, 2.24) is 0 Å². The van der Waals surface area contributed by atoms with E-state index in [1.807, 2.05) is 6.08 Å². The van der Waals surface area contributed by atoms with Crippen molar-refractivity contribution in [3.05, 3.63) is 12.7 Å². The van der Waals surface area contributed by atoms with E-state index in [9.17, 15) is 5.11 Å². The summed E-state index contributed by atoms with van der Waals surface area (Å²) in [7, 11) is 0. The third-order valence-corrected chi connectivity index (χ3v) is 3.55. The summed E-state index contributed by atoms with van der Waals surface area (Å²) in [5.41, 5.74) is -1.03. The van der Waals surface area contributed by atoms with Gasteiger partial charge in [-0.3, -0.25) is 0 Å². The van der Waals surface area contributed by atoms with Gasteiger partial charge < -0.3 is 5.11 Å². The monoisotopic (exact) mass is 212 g/mol. The number of aliphatic hydroxyl groups is 1. The van der Waals surface area contributed by atoms with Gasteiger partial charge in [-0.25, -0.2) is 0 Å². The summed E-state index contributed by atoms with van der Waals surface area (Å²) in [5.74, 6) is 0.137. The Bertz CT molecular complexity index is 200. The van der Waals surface area contributed by atoms with E-state index in [4.69, 9.17) is 0 Å². The van der Waals surface area contributed by atoms with Crippen LogP contribution in [-0.2, 0) is 0 Å². The van der Waals surface area contributed by atoms with Crippen molar-refractivity contribution in [2.45, 2.75) is 60.5 Å². The van der Waals surface area contributed by atoms with Gasteiger partial charge in [-0.15, -0.1) is 6.58 Å². The molecule has 0 radical (unpaired) electrons. The molecular formula is C14H28O. The van der Waals surface area contributed by atoms with Gasteiger partial charge in [0.05, 0.1) is 5.60 Å². The first-order valence-corrected chi connectivity index (χ1v) is 5.87. The highest BCUT2D eigenvalue weighted by molar-refractivity contribution is 5.07. The van der Waals surface area contributed by atoms with Crippen molar-refractivity contribution in [3.63, 3.8) is 0 Å². The van der Waals surface area contributed by atoms with Crippen LogP contribution in [0.5, 0.6) is 0 Å². The largest absolute Gasteiger partial charge is 0.388 e. The van der Waals surface area contributed by atoms with Crippen LogP contribution in [0.4, 0.5) is 0 Å². The van der Waals surface area contributed by atoms with Crippen molar-refractivity contribution >= 4 is 0 Å². The van der Waals surface area contributed by atoms with E-state index < -0.39 is 5.60 Å². The molecule has 1 unspecified atom stereocenters. The van der Waals surface area contributed by atoms with Crippen LogP contribution in [-0.4, -0.2) is 10.7 Å². The lowest BCUT2D eigenvalue weighted by Crippen LogP contribution is -2.57. The first-order chi connectivity index (χ1) is 6.52. The number of hydrogen-bond donors (Lipinski definition) is 1. The predicted molar refractivity (Wildman–Crippen MR) is 67.8 cm³/mol. The molecule has 1 nitrogen and oxygen atoms in total. The second-order valence-corrected chi connectivity index (χ2v) is 6.52. The van der Waals surface area contributed by atoms with Crippen molar-refractivity contribution in [1.29, 1.82) is 0 Å². The van der Waals surface area contributed by atoms with E-state index in [2.05, 4.69) is 55.0 Å². The fraction of sp³-hybridized carbons (Fsp3) is 0.857. The van der Waals surface area contributed by atoms with Gasteiger partial charge in [-0.2, -0.15) is 0 Å². The fourth-order valence-electron chi connectivity index (χ4n) is 2.87. The first kappa shape index (κ1) is 14.7. The molecule has 0 aliphatic carbocycles. The minimum Gasteiger partial charge on any atom is -0.388 e. The zero-order valence-electron chi connectivity index (χ0n) is 11.5. The molecule has 0 aromatic heterocycles. The Hall–Kier alpha value is -0.300. The van der Waals surface area contributed by atoms with Gasteiger partial charge in [-0.1, -0.05) is 54.5 Å². The van der Waals surface area contributed by atoms with Crippen LogP contribution in [0, 0.1) is 16.7 Å². The molecule has 0 spiro atoms. The molecule has 1 heteroatoms. The minimum absolute atomic E-state index is 0.137. The van der Waals surface area contributed by atoms with Crippen LogP contribution >= 0.6 is 0 Å². The summed E-state index contributed by atoms with van der Waals surface area (Å²) < 4.78 is 0. The normalized spacial score (nSPS) is 16.3. The maximum Gasteiger partial charge on any atom is 0.0805 e. The number of rotatable bonds is 3. The summed E-state index contributed by atoms with van der Waals surface area (Å²) in [5, 5.41) is 11.1. The Morgan fingerprint density at radius 1 is 1.07 bits per heavy atom. The maximum absolute atomic E-state index is 11.1. The fourth-order valence-corrected chi connectivity index (χ4v) is 2.87. The van der Waals surface area contributed by atoms with Crippen LogP contribution in [0.3, 0.4) is 0 Å². The molecule has 0 saturated carbocycles. The van der Waals surface area contributed by atoms with E-state index in [0.29, 0.717) is 0 Å². The lowest BCUT2D eigenvalue weighted by molar-refractivity contribution is -0.165. The van der Waals surface area contributed by atoms with E-state index in [1.54, 1.807) is 0 Å². The van der Waals surface area contributed by atoms with E-state index in [1.165, 1.54) is 0 Å². The molecular weight excluding hydrogens is 184 g/mol. The molecule has 0 fully saturated rings. The van der Waals surface area contributed by atoms with Gasteiger partial charge in [0.25, 0.3) is 0 Å². The average molecular weight is 212 g/mol. The lowest BCUT2D eigenvalue weighted by Gasteiger charge is -2.53. The van der Waals surface area contributed by atoms with Crippen molar-refractivity contribution in [2.75, 3.05) is 0 Å². The van der Waals surface area contributed by atoms with Gasteiger partial charge in [0, 0.05) is 5.92 Å². The Balaban J connectivity index is 5.50. The zero-order chi connectivity index (χ0) is 12.5. The SMILES string of the molecule is C=CC(CC)C(O)(C(C)(C)C)C(C)(C)C. The molecule has 0 rings (SSSR count). The summed E-state index contributed by atoms with van der Waals surface area (Å²) in [6.07, 6.45) is 2.82. The van der Waals surface area contributed by atoms with Crippen LogP contribution in [0.2, 0.25) is 0 Å². The summed E-state index contributed by atoms with van der Waals surface area (Å²) >= 11 is 0. The predicted octanol–water partition coefficient (Wildman–Crippen LogP) is 4.02. The van der Waals surface area contributed by atoms with E-state index in [0.717, 1.165) is 6.42 Å². The quantitative estimate of drug-likeness (QED) is 0.700. The first-order valence-electron chi connectivity index (χ1n) is 5.87. The van der Waals surface area contributed by atoms with Crippen molar-refractivity contribution in [3.8, 4) is 0 Å². The van der Waals surface area contributed by atoms with Crippen molar-refractivity contribution < 1.29 is 5.11 Å². The van der Waals surface area contributed by atoms with Gasteiger partial charge in [0.1, 0.15) is 0 Å². The second-order valence-electron chi connectivity index (χ2n) is 6.52. The molecule has 0 heterocycles. The second kappa shape index (κ2) is 4.29. The Morgan fingerprint density at radius 3 is 1.47 bits per heavy atom. The molecule has 1 N–H and O–H groups in total. The summed E-state index contributed by atoms with van der Waals surface area (Å²) in [6, 6.07) is 0. The zero-order valence-corrected chi connectivity index (χ0v) is 11.5. The van der Waals surface area contributed by atoms with Crippen LogP contribution in [0.15, 0.2) is 12.7 Å². The smallest absolute Gasteiger partial charge is 0.0805 e. The molecule has 15 heavy (non-hydrogen) atoms. The van der Waals surface area contributed by atoms with Gasteiger partial charge in [0.2, 0.25) is 0 Å². The number of hydrogen-bond acceptors (Lipinski definition) is 1. The van der Waals surface area contributed by atoms with Gasteiger partial charge in [0.15, 0.2) is 0 Å². The molecule has 1 atom stereocenters. The van der Waals surface area contributed by atoms with Crippen LogP contribution in [0.25, 0.3) is 0 Å². The Kier molecular flexibility index (Phi) is 4.20. The van der Waals surface area contributed by atoms with E-state index >= 15 is 0 Å². The minimum atomic E-state index is -0.726. The molecule has 0 aliphatic rings. The van der Waals surface area contributed by atoms with Gasteiger partial charge in [-0.05, 0) is 17.3 Å². The molecule has 0 saturated heterocycles. The Morgan fingerprint density at radius 2 is 1.40 bits per heavy atom. The Labute approximate surface area is 95.6 Å². The summed E-state index contributed by atoms with van der Waals surface area (Å²) in [4.78, 5) is 0. The molecule has 90 valence electrons. The topological polar surface area (TPSA) is 20.2 Å². The standard InChI is InChI=1S/C14H28O/c1-9-11(10-2)14(15,12(3,4)5)13(6,7)8/h9,11,15H,1,10H2,2-8H3. The molecule has 0 aromatic rings. The lowest BCUT2D eigenvalue weighted by atomic mass is 9.56. The third-order valence-electron chi connectivity index (χ3n) is 3.55. The highest BCUT2D eigenvalue weighted by Gasteiger charge is 2.52. The molecule has 0 aromatic carbocycles. The van der Waals surface area contributed by atoms with Crippen LogP contribution in [0.1, 0.15) is 54.9 Å². The highest BCUT2D eigenvalue weighted by atomic mass is 16.3. The highest BCUT2D eigenvalue weighted by Crippen LogP contribution is 2.49. The maximum atomic E-state index is 11.1. The summed E-state index contributed by atoms with van der Waals surface area (Å²) in [6.45, 7) is 18.6. The third kappa shape index (κ3) is 2.44.